The summed E-state index contributed by atoms with van der Waals surface area (Å²) >= 11 is 0. The van der Waals surface area contributed by atoms with Crippen LogP contribution in [0.2, 0.25) is 0 Å². The van der Waals surface area contributed by atoms with E-state index in [0.29, 0.717) is 10.9 Å². The van der Waals surface area contributed by atoms with Crippen molar-refractivity contribution < 1.29 is 54.2 Å². The van der Waals surface area contributed by atoms with Crippen molar-refractivity contribution in [2.24, 2.45) is 4.99 Å². The van der Waals surface area contributed by atoms with E-state index in [1.165, 1.54) is 7.11 Å². The molecule has 0 spiro atoms. The molecule has 7 nitrogen and oxygen atoms in total. The Balaban J connectivity index is 3.35. The molecule has 0 aliphatic heterocycles. The van der Waals surface area contributed by atoms with Crippen molar-refractivity contribution in [3.05, 3.63) is 24.3 Å². The third kappa shape index (κ3) is 5.78. The number of carbonyl (C=O) groups is 1. The van der Waals surface area contributed by atoms with Gasteiger partial charge in [0.1, 0.15) is 5.75 Å². The summed E-state index contributed by atoms with van der Waals surface area (Å²) in [7, 11) is 1.23. The summed E-state index contributed by atoms with van der Waals surface area (Å²) in [5, 5.41) is 8.46. The van der Waals surface area contributed by atoms with E-state index in [2.05, 4.69) is 4.99 Å². The topological polar surface area (TPSA) is 95.0 Å². The van der Waals surface area contributed by atoms with Crippen molar-refractivity contribution >= 4 is 17.6 Å². The smallest absolute Gasteiger partial charge is 0.450 e. The first kappa shape index (κ1) is 24.1. The Morgan fingerprint density at radius 2 is 1.45 bits per heavy atom. The third-order valence-electron chi connectivity index (χ3n) is 3.10. The second-order valence-corrected chi connectivity index (χ2v) is 5.08. The van der Waals surface area contributed by atoms with Gasteiger partial charge in [-0.3, -0.25) is 10.7 Å². The van der Waals surface area contributed by atoms with Gasteiger partial charge in [-0.25, -0.2) is 9.79 Å². The molecule has 164 valence electrons. The number of aliphatic imine (C=N–C) groups is 1. The zero-order valence-corrected chi connectivity index (χ0v) is 13.9. The highest BCUT2D eigenvalue weighted by molar-refractivity contribution is 5.89. The molecule has 0 fully saturated rings. The number of nitrogens with one attached hydrogen (secondary N) is 3. The van der Waals surface area contributed by atoms with Gasteiger partial charge in [-0.05, 0) is 24.3 Å². The maximum atomic E-state index is 13.0. The first-order valence-corrected chi connectivity index (χ1v) is 7.01. The molecular formula is C13H11F9N4O3. The molecule has 0 aliphatic rings. The number of rotatable bonds is 5. The molecule has 4 N–H and O–H groups in total. The number of ether oxygens (including phenoxy) is 1. The molecule has 0 aliphatic carbocycles. The normalized spacial score (nSPS) is 13.8. The fourth-order valence-electron chi connectivity index (χ4n) is 1.74. The Hall–Kier alpha value is -2.91. The number of halogens is 9. The molecule has 0 aromatic heterocycles. The Kier molecular flexibility index (Phi) is 6.84. The number of nitrogens with zero attached hydrogens (tertiary/aromatic N) is 1. The van der Waals surface area contributed by atoms with Gasteiger partial charge in [-0.15, -0.1) is 0 Å². The molecule has 1 aromatic rings. The number of alkyl halides is 9. The lowest BCUT2D eigenvalue weighted by molar-refractivity contribution is -0.317. The van der Waals surface area contributed by atoms with Crippen molar-refractivity contribution in [3.8, 4) is 5.75 Å². The van der Waals surface area contributed by atoms with Crippen LogP contribution in [0.15, 0.2) is 29.3 Å². The summed E-state index contributed by atoms with van der Waals surface area (Å²) in [5.41, 5.74) is -4.98. The number of methoxy groups -OCH3 is 1. The van der Waals surface area contributed by atoms with Gasteiger partial charge in [-0.2, -0.15) is 44.9 Å². The van der Waals surface area contributed by atoms with Crippen molar-refractivity contribution in [1.82, 2.24) is 16.2 Å². The maximum absolute atomic E-state index is 13.0. The van der Waals surface area contributed by atoms with Crippen LogP contribution in [0.5, 0.6) is 5.75 Å². The minimum Gasteiger partial charge on any atom is -0.497 e. The van der Waals surface area contributed by atoms with Gasteiger partial charge in [0, 0.05) is 0 Å². The van der Waals surface area contributed by atoms with Gasteiger partial charge < -0.3 is 9.84 Å². The highest BCUT2D eigenvalue weighted by Gasteiger charge is 2.73. The van der Waals surface area contributed by atoms with Crippen LogP contribution in [-0.2, 0) is 0 Å². The van der Waals surface area contributed by atoms with E-state index in [4.69, 9.17) is 9.84 Å². The molecule has 1 rings (SSSR count). The van der Waals surface area contributed by atoms with E-state index < -0.39 is 41.8 Å². The SMILES string of the molecule is COc1ccc(N=C(NNC(NC(=O)O)(C(F)(F)F)C(F)(F)F)C(F)(F)F)cc1. The number of hydrazine groups is 1. The Labute approximate surface area is 155 Å². The average Bonchev–Trinajstić information content (AvgIpc) is 2.54. The van der Waals surface area contributed by atoms with Crippen LogP contribution in [0.4, 0.5) is 50.0 Å². The largest absolute Gasteiger partial charge is 0.497 e. The van der Waals surface area contributed by atoms with Crippen LogP contribution < -0.4 is 20.9 Å². The van der Waals surface area contributed by atoms with Gasteiger partial charge in [0.05, 0.1) is 12.8 Å². The predicted octanol–water partition coefficient (Wildman–Crippen LogP) is 3.47. The zero-order chi connectivity index (χ0) is 22.7. The van der Waals surface area contributed by atoms with E-state index in [9.17, 15) is 44.3 Å². The second-order valence-electron chi connectivity index (χ2n) is 5.08. The molecule has 29 heavy (non-hydrogen) atoms. The number of benzene rings is 1. The number of carboxylic acid groups (broad SMARTS) is 1. The molecule has 0 unspecified atom stereocenters. The fourth-order valence-corrected chi connectivity index (χ4v) is 1.74. The molecular weight excluding hydrogens is 431 g/mol. The van der Waals surface area contributed by atoms with Crippen LogP contribution in [0.25, 0.3) is 0 Å². The third-order valence-corrected chi connectivity index (χ3v) is 3.10. The van der Waals surface area contributed by atoms with E-state index in [1.54, 1.807) is 0 Å². The predicted molar refractivity (Wildman–Crippen MR) is 78.4 cm³/mol. The standard InChI is InChI=1S/C13H11F9N4O3/c1-29-7-4-2-6(3-5-7)23-8(10(14,15)16)25-26-11(12(17,18)19,13(20,21)22)24-9(27)28/h2-5,24,26H,1H3,(H,23,25)(H,27,28). The summed E-state index contributed by atoms with van der Waals surface area (Å²) in [5.74, 6) is -2.13. The molecule has 0 bridgehead atoms. The average molecular weight is 442 g/mol. The summed E-state index contributed by atoms with van der Waals surface area (Å²) in [4.78, 5) is 13.4. The molecule has 1 aromatic carbocycles. The number of hydrogen-bond donors (Lipinski definition) is 4. The lowest BCUT2D eigenvalue weighted by Gasteiger charge is -2.37. The second kappa shape index (κ2) is 8.22. The minimum absolute atomic E-state index is 0.113. The highest BCUT2D eigenvalue weighted by Crippen LogP contribution is 2.41. The van der Waals surface area contributed by atoms with Crippen LogP contribution >= 0.6 is 0 Å². The summed E-state index contributed by atoms with van der Waals surface area (Å²) in [6.07, 6.45) is -21.2. The van der Waals surface area contributed by atoms with Crippen LogP contribution in [0, 0.1) is 0 Å². The lowest BCUT2D eigenvalue weighted by Crippen LogP contribution is -2.78. The van der Waals surface area contributed by atoms with Gasteiger partial charge >= 0.3 is 30.3 Å². The van der Waals surface area contributed by atoms with E-state index in [-0.39, 0.29) is 11.1 Å². The van der Waals surface area contributed by atoms with Crippen LogP contribution in [-0.4, -0.2) is 48.3 Å². The molecule has 0 saturated heterocycles. The van der Waals surface area contributed by atoms with Crippen molar-refractivity contribution in [2.45, 2.75) is 24.2 Å². The number of amidine groups is 1. The van der Waals surface area contributed by atoms with Gasteiger partial charge in [0.15, 0.2) is 0 Å². The molecule has 0 heterocycles. The first-order chi connectivity index (χ1) is 13.0. The molecule has 0 saturated carbocycles. The van der Waals surface area contributed by atoms with Crippen molar-refractivity contribution in [2.75, 3.05) is 7.11 Å². The van der Waals surface area contributed by atoms with Gasteiger partial charge in [-0.1, -0.05) is 0 Å². The zero-order valence-electron chi connectivity index (χ0n) is 13.9. The lowest BCUT2D eigenvalue weighted by atomic mass is 10.1. The Morgan fingerprint density at radius 3 is 1.79 bits per heavy atom. The van der Waals surface area contributed by atoms with Crippen molar-refractivity contribution in [3.63, 3.8) is 0 Å². The molecule has 0 radical (unpaired) electrons. The van der Waals surface area contributed by atoms with Crippen LogP contribution in [0.1, 0.15) is 0 Å². The molecule has 0 atom stereocenters. The van der Waals surface area contributed by atoms with Crippen molar-refractivity contribution in [1.29, 1.82) is 0 Å². The summed E-state index contributed by atoms with van der Waals surface area (Å²) in [6.45, 7) is 0. The maximum Gasteiger partial charge on any atom is 0.450 e. The number of amides is 1. The Bertz CT molecular complexity index is 728. The Morgan fingerprint density at radius 1 is 0.966 bits per heavy atom. The van der Waals surface area contributed by atoms with Gasteiger partial charge in [0.25, 0.3) is 0 Å². The minimum atomic E-state index is -6.44. The fraction of sp³-hybridized carbons (Fsp3) is 0.385. The highest BCUT2D eigenvalue weighted by atomic mass is 19.4. The van der Waals surface area contributed by atoms with Gasteiger partial charge in [0.2, 0.25) is 5.84 Å². The van der Waals surface area contributed by atoms with E-state index in [0.717, 1.165) is 24.3 Å². The summed E-state index contributed by atoms with van der Waals surface area (Å²) in [6, 6.07) is 4.12. The van der Waals surface area contributed by atoms with Crippen LogP contribution in [0.3, 0.4) is 0 Å². The molecule has 16 heteroatoms. The van der Waals surface area contributed by atoms with E-state index in [1.807, 2.05) is 0 Å². The van der Waals surface area contributed by atoms with E-state index >= 15 is 0 Å². The quantitative estimate of drug-likeness (QED) is 0.184. The summed E-state index contributed by atoms with van der Waals surface area (Å²) < 4.78 is 122. The first-order valence-electron chi connectivity index (χ1n) is 7.01. The number of hydrogen-bond acceptors (Lipinski definition) is 4. The molecule has 1 amide bonds. The monoisotopic (exact) mass is 442 g/mol.